The van der Waals surface area contributed by atoms with Gasteiger partial charge >= 0.3 is 0 Å². The van der Waals surface area contributed by atoms with Crippen LogP contribution in [0.1, 0.15) is 20.8 Å². The van der Waals surface area contributed by atoms with E-state index in [4.69, 9.17) is 11.6 Å². The third-order valence-electron chi connectivity index (χ3n) is 3.12. The Hall–Kier alpha value is -1.64. The van der Waals surface area contributed by atoms with Crippen LogP contribution in [0.5, 0.6) is 0 Å². The van der Waals surface area contributed by atoms with Gasteiger partial charge in [-0.05, 0) is 34.7 Å². The van der Waals surface area contributed by atoms with E-state index in [-0.39, 0.29) is 5.78 Å². The monoisotopic (exact) mass is 286 g/mol. The van der Waals surface area contributed by atoms with Crippen molar-refractivity contribution in [3.63, 3.8) is 0 Å². The molecule has 0 aliphatic carbocycles. The average molecular weight is 287 g/mol. The number of hydrogen-bond donors (Lipinski definition) is 0. The number of thiophene rings is 1. The van der Waals surface area contributed by atoms with Gasteiger partial charge in [0.15, 0.2) is 0 Å². The molecule has 0 fully saturated rings. The van der Waals surface area contributed by atoms with Crippen molar-refractivity contribution in [3.05, 3.63) is 68.9 Å². The fourth-order valence-corrected chi connectivity index (χ4v) is 3.29. The van der Waals surface area contributed by atoms with Crippen molar-refractivity contribution in [1.29, 1.82) is 0 Å². The Bertz CT molecular complexity index is 773. The van der Waals surface area contributed by atoms with E-state index in [0.717, 1.165) is 16.3 Å². The largest absolute Gasteiger partial charge is 0.288 e. The van der Waals surface area contributed by atoms with E-state index in [1.165, 1.54) is 11.3 Å². The maximum Gasteiger partial charge on any atom is 0.204 e. The molecule has 0 saturated carbocycles. The molecule has 0 unspecified atom stereocenters. The van der Waals surface area contributed by atoms with Crippen LogP contribution in [0, 0.1) is 6.92 Å². The highest BCUT2D eigenvalue weighted by Crippen LogP contribution is 2.30. The van der Waals surface area contributed by atoms with Crippen LogP contribution < -0.4 is 0 Å². The molecule has 0 N–H and O–H groups in total. The fourth-order valence-electron chi connectivity index (χ4n) is 2.04. The molecule has 0 aliphatic heterocycles. The predicted molar refractivity (Wildman–Crippen MR) is 81.4 cm³/mol. The normalized spacial score (nSPS) is 10.8. The van der Waals surface area contributed by atoms with E-state index in [1.54, 1.807) is 0 Å². The number of halogens is 1. The van der Waals surface area contributed by atoms with Gasteiger partial charge in [-0.2, -0.15) is 0 Å². The first-order valence-electron chi connectivity index (χ1n) is 5.94. The van der Waals surface area contributed by atoms with Crippen LogP contribution in [-0.2, 0) is 0 Å². The molecular weight excluding hydrogens is 276 g/mol. The molecule has 0 aliphatic rings. The lowest BCUT2D eigenvalue weighted by Gasteiger charge is -2.02. The summed E-state index contributed by atoms with van der Waals surface area (Å²) in [6.07, 6.45) is 0. The maximum atomic E-state index is 12.5. The Balaban J connectivity index is 2.09. The summed E-state index contributed by atoms with van der Waals surface area (Å²) >= 11 is 7.56. The highest BCUT2D eigenvalue weighted by molar-refractivity contribution is 7.13. The minimum Gasteiger partial charge on any atom is -0.288 e. The van der Waals surface area contributed by atoms with Gasteiger partial charge in [0.2, 0.25) is 5.78 Å². The van der Waals surface area contributed by atoms with Gasteiger partial charge in [0.25, 0.3) is 0 Å². The highest BCUT2D eigenvalue weighted by Gasteiger charge is 2.16. The molecule has 0 saturated heterocycles. The Labute approximate surface area is 120 Å². The zero-order chi connectivity index (χ0) is 13.4. The summed E-state index contributed by atoms with van der Waals surface area (Å²) in [5, 5.41) is 4.68. The molecule has 2 aromatic carbocycles. The molecule has 3 heteroatoms. The molecule has 3 rings (SSSR count). The Morgan fingerprint density at radius 3 is 2.53 bits per heavy atom. The first-order chi connectivity index (χ1) is 9.16. The molecule has 94 valence electrons. The van der Waals surface area contributed by atoms with Crippen LogP contribution in [0.4, 0.5) is 0 Å². The SMILES string of the molecule is Cc1csc(C(=O)c2ccc3ccccc3c2)c1Cl. The molecule has 19 heavy (non-hydrogen) atoms. The van der Waals surface area contributed by atoms with Crippen LogP contribution in [0.2, 0.25) is 5.02 Å². The molecule has 1 heterocycles. The Morgan fingerprint density at radius 2 is 1.84 bits per heavy atom. The molecule has 1 nitrogen and oxygen atoms in total. The van der Waals surface area contributed by atoms with Crippen molar-refractivity contribution in [1.82, 2.24) is 0 Å². The maximum absolute atomic E-state index is 12.5. The van der Waals surface area contributed by atoms with Crippen molar-refractivity contribution < 1.29 is 4.79 Å². The predicted octanol–water partition coefficient (Wildman–Crippen LogP) is 5.09. The summed E-state index contributed by atoms with van der Waals surface area (Å²) in [7, 11) is 0. The summed E-state index contributed by atoms with van der Waals surface area (Å²) in [5.41, 5.74) is 1.64. The summed E-state index contributed by atoms with van der Waals surface area (Å²) in [6.45, 7) is 1.91. The fraction of sp³-hybridized carbons (Fsp3) is 0.0625. The van der Waals surface area contributed by atoms with Crippen LogP contribution >= 0.6 is 22.9 Å². The van der Waals surface area contributed by atoms with Crippen LogP contribution in [0.15, 0.2) is 47.8 Å². The second-order valence-electron chi connectivity index (χ2n) is 4.45. The minimum atomic E-state index is -0.00569. The van der Waals surface area contributed by atoms with E-state index < -0.39 is 0 Å². The Morgan fingerprint density at radius 1 is 1.11 bits per heavy atom. The van der Waals surface area contributed by atoms with Gasteiger partial charge in [-0.25, -0.2) is 0 Å². The van der Waals surface area contributed by atoms with Crippen molar-refractivity contribution >= 4 is 39.5 Å². The van der Waals surface area contributed by atoms with E-state index in [0.29, 0.717) is 15.5 Å². The van der Waals surface area contributed by atoms with Crippen molar-refractivity contribution in [2.24, 2.45) is 0 Å². The number of benzene rings is 2. The zero-order valence-electron chi connectivity index (χ0n) is 10.3. The lowest BCUT2D eigenvalue weighted by Crippen LogP contribution is -1.99. The van der Waals surface area contributed by atoms with E-state index in [9.17, 15) is 4.79 Å². The third kappa shape index (κ3) is 2.18. The molecule has 0 atom stereocenters. The van der Waals surface area contributed by atoms with E-state index in [2.05, 4.69) is 0 Å². The molecule has 1 aromatic heterocycles. The second kappa shape index (κ2) is 4.80. The third-order valence-corrected chi connectivity index (χ3v) is 4.81. The van der Waals surface area contributed by atoms with Crippen molar-refractivity contribution in [2.75, 3.05) is 0 Å². The first kappa shape index (κ1) is 12.4. The molecule has 0 spiro atoms. The van der Waals surface area contributed by atoms with Gasteiger partial charge in [0.05, 0.1) is 9.90 Å². The van der Waals surface area contributed by atoms with Gasteiger partial charge in [-0.3, -0.25) is 4.79 Å². The minimum absolute atomic E-state index is 0.00569. The standard InChI is InChI=1S/C16H11ClOS/c1-10-9-19-16(14(10)17)15(18)13-7-6-11-4-2-3-5-12(11)8-13/h2-9H,1H3. The average Bonchev–Trinajstić information content (AvgIpc) is 2.78. The lowest BCUT2D eigenvalue weighted by molar-refractivity contribution is 0.104. The number of hydrogen-bond acceptors (Lipinski definition) is 2. The van der Waals surface area contributed by atoms with Gasteiger partial charge in [-0.1, -0.05) is 48.0 Å². The number of carbonyl (C=O) groups excluding carboxylic acids is 1. The number of ketones is 1. The molecular formula is C16H11ClOS. The lowest BCUT2D eigenvalue weighted by atomic mass is 10.0. The van der Waals surface area contributed by atoms with Crippen LogP contribution in [0.3, 0.4) is 0 Å². The van der Waals surface area contributed by atoms with Gasteiger partial charge in [0.1, 0.15) is 0 Å². The topological polar surface area (TPSA) is 17.1 Å². The van der Waals surface area contributed by atoms with Crippen LogP contribution in [0.25, 0.3) is 10.8 Å². The summed E-state index contributed by atoms with van der Waals surface area (Å²) in [4.78, 5) is 13.1. The summed E-state index contributed by atoms with van der Waals surface area (Å²) in [5.74, 6) is -0.00569. The highest BCUT2D eigenvalue weighted by atomic mass is 35.5. The second-order valence-corrected chi connectivity index (χ2v) is 5.71. The summed E-state index contributed by atoms with van der Waals surface area (Å²) < 4.78 is 0. The van der Waals surface area contributed by atoms with E-state index in [1.807, 2.05) is 54.8 Å². The molecule has 0 bridgehead atoms. The molecule has 0 amide bonds. The van der Waals surface area contributed by atoms with Crippen molar-refractivity contribution in [3.8, 4) is 0 Å². The molecule has 0 radical (unpaired) electrons. The van der Waals surface area contributed by atoms with Crippen LogP contribution in [-0.4, -0.2) is 5.78 Å². The number of rotatable bonds is 2. The van der Waals surface area contributed by atoms with Gasteiger partial charge in [-0.15, -0.1) is 11.3 Å². The smallest absolute Gasteiger partial charge is 0.204 e. The quantitative estimate of drug-likeness (QED) is 0.599. The van der Waals surface area contributed by atoms with E-state index >= 15 is 0 Å². The van der Waals surface area contributed by atoms with Crippen molar-refractivity contribution in [2.45, 2.75) is 6.92 Å². The summed E-state index contributed by atoms with van der Waals surface area (Å²) in [6, 6.07) is 13.7. The van der Waals surface area contributed by atoms with Gasteiger partial charge < -0.3 is 0 Å². The molecule has 3 aromatic rings. The number of fused-ring (bicyclic) bond motifs is 1. The van der Waals surface area contributed by atoms with Gasteiger partial charge in [0, 0.05) is 5.56 Å². The Kier molecular flexibility index (Phi) is 3.13. The number of aryl methyl sites for hydroxylation is 1. The zero-order valence-corrected chi connectivity index (χ0v) is 11.9. The number of carbonyl (C=O) groups is 1. The first-order valence-corrected chi connectivity index (χ1v) is 7.19.